The third-order valence-electron chi connectivity index (χ3n) is 14.4. The Morgan fingerprint density at radius 3 is 1.54 bits per heavy atom. The third kappa shape index (κ3) is 6.87. The average molecular weight is 921 g/mol. The van der Waals surface area contributed by atoms with E-state index in [0.717, 1.165) is 79.4 Å². The van der Waals surface area contributed by atoms with E-state index in [1.165, 1.54) is 38.3 Å². The summed E-state index contributed by atoms with van der Waals surface area (Å²) in [6.07, 6.45) is 0. The summed E-state index contributed by atoms with van der Waals surface area (Å²) in [7, 11) is 0. The van der Waals surface area contributed by atoms with Crippen LogP contribution in [0.2, 0.25) is 0 Å². The van der Waals surface area contributed by atoms with Gasteiger partial charge >= 0.3 is 0 Å². The van der Waals surface area contributed by atoms with Crippen LogP contribution in [0.25, 0.3) is 38.6 Å². The number of ether oxygens (including phenoxy) is 1. The third-order valence-corrected chi connectivity index (χ3v) is 14.4. The van der Waals surface area contributed by atoms with Crippen LogP contribution < -0.4 is 35.8 Å². The van der Waals surface area contributed by atoms with Crippen molar-refractivity contribution in [3.63, 3.8) is 0 Å². The van der Waals surface area contributed by atoms with Crippen molar-refractivity contribution in [3.8, 4) is 28.3 Å². The van der Waals surface area contributed by atoms with Gasteiger partial charge in [0.1, 0.15) is 11.5 Å². The second kappa shape index (κ2) is 17.2. The molecular weight excluding hydrogens is 876 g/mol. The van der Waals surface area contributed by atoms with Crippen LogP contribution in [0, 0.1) is 0 Å². The Labute approximate surface area is 419 Å². The van der Waals surface area contributed by atoms with Crippen molar-refractivity contribution in [2.45, 2.75) is 0 Å². The van der Waals surface area contributed by atoms with E-state index in [4.69, 9.17) is 4.74 Å². The topological polar surface area (TPSA) is 23.9 Å². The standard InChI is InChI=1S/C66H45BN4O/c1-6-19-46(20-7-1)47-33-35-52(36-34-47)69(53-39-42-61-57(43-53)56-29-16-17-30-60(56)70(61)50-25-12-4-13-26-50)55-38-41-59-65(45-55)72-64-32-18-31-62-66(64)67(59)58-40-37-54(44-63(58)71(62)51-27-14-5-15-28-51)68(48-21-8-2-9-22-48)49-23-10-3-11-24-49/h1-45H. The first kappa shape index (κ1) is 41.5. The maximum Gasteiger partial charge on any atom is 0.256 e. The van der Waals surface area contributed by atoms with Crippen molar-refractivity contribution in [2.75, 3.05) is 14.7 Å². The van der Waals surface area contributed by atoms with Gasteiger partial charge in [-0.05, 0) is 143 Å². The minimum absolute atomic E-state index is 0.0843. The number of anilines is 9. The van der Waals surface area contributed by atoms with Gasteiger partial charge < -0.3 is 24.0 Å². The molecule has 0 atom stereocenters. The number of benzene rings is 11. The maximum absolute atomic E-state index is 7.16. The average Bonchev–Trinajstić information content (AvgIpc) is 3.78. The van der Waals surface area contributed by atoms with Crippen molar-refractivity contribution < 1.29 is 4.74 Å². The molecule has 0 N–H and O–H groups in total. The van der Waals surface area contributed by atoms with Crippen LogP contribution >= 0.6 is 0 Å². The summed E-state index contributed by atoms with van der Waals surface area (Å²) in [6.45, 7) is -0.0843. The highest BCUT2D eigenvalue weighted by atomic mass is 16.5. The van der Waals surface area contributed by atoms with E-state index in [0.29, 0.717) is 0 Å². The summed E-state index contributed by atoms with van der Waals surface area (Å²) in [5, 5.41) is 2.39. The smallest absolute Gasteiger partial charge is 0.256 e. The van der Waals surface area contributed by atoms with Gasteiger partial charge in [-0.3, -0.25) is 0 Å². The van der Waals surface area contributed by atoms with Crippen LogP contribution in [0.3, 0.4) is 0 Å². The zero-order chi connectivity index (χ0) is 47.5. The monoisotopic (exact) mass is 920 g/mol. The summed E-state index contributed by atoms with van der Waals surface area (Å²) >= 11 is 0. The van der Waals surface area contributed by atoms with Gasteiger partial charge in [-0.2, -0.15) is 0 Å². The van der Waals surface area contributed by atoms with Gasteiger partial charge in [0.2, 0.25) is 0 Å². The largest absolute Gasteiger partial charge is 0.458 e. The Kier molecular flexibility index (Phi) is 9.88. The molecule has 0 amide bonds. The molecule has 338 valence electrons. The molecule has 0 saturated carbocycles. The van der Waals surface area contributed by atoms with Gasteiger partial charge in [-0.25, -0.2) is 0 Å². The number of fused-ring (bicyclic) bond motifs is 7. The summed E-state index contributed by atoms with van der Waals surface area (Å²) in [5.41, 5.74) is 19.0. The molecule has 2 aliphatic heterocycles. The summed E-state index contributed by atoms with van der Waals surface area (Å²) in [6, 6.07) is 98.1. The molecule has 72 heavy (non-hydrogen) atoms. The number of hydrogen-bond donors (Lipinski definition) is 0. The molecule has 11 aromatic carbocycles. The van der Waals surface area contributed by atoms with Crippen LogP contribution in [-0.2, 0) is 0 Å². The molecule has 5 nitrogen and oxygen atoms in total. The minimum atomic E-state index is -0.0843. The van der Waals surface area contributed by atoms with Gasteiger partial charge in [0.05, 0.1) is 11.0 Å². The highest BCUT2D eigenvalue weighted by molar-refractivity contribution is 6.99. The highest BCUT2D eigenvalue weighted by Crippen LogP contribution is 2.46. The summed E-state index contributed by atoms with van der Waals surface area (Å²) in [4.78, 5) is 7.13. The molecule has 0 bridgehead atoms. The first-order chi connectivity index (χ1) is 35.7. The SMILES string of the molecule is c1ccc(-c2ccc(N(c3ccc4c(c3)Oc3cccc5c3B4c3ccc(N(c4ccccc4)c4ccccc4)cc3N5c3ccccc3)c3ccc4c(c3)c3ccccc3n4-c3ccccc3)cc2)cc1. The molecule has 0 saturated heterocycles. The fourth-order valence-electron chi connectivity index (χ4n) is 11.2. The second-order valence-electron chi connectivity index (χ2n) is 18.5. The van der Waals surface area contributed by atoms with Gasteiger partial charge in [0.15, 0.2) is 0 Å². The van der Waals surface area contributed by atoms with Crippen molar-refractivity contribution in [3.05, 3.63) is 273 Å². The number of nitrogens with zero attached hydrogens (tertiary/aromatic N) is 4. The van der Waals surface area contributed by atoms with Crippen LogP contribution in [0.4, 0.5) is 51.2 Å². The lowest BCUT2D eigenvalue weighted by Gasteiger charge is -2.41. The number of rotatable bonds is 9. The Morgan fingerprint density at radius 2 is 0.833 bits per heavy atom. The van der Waals surface area contributed by atoms with Gasteiger partial charge in [-0.1, -0.05) is 152 Å². The van der Waals surface area contributed by atoms with Crippen LogP contribution in [-0.4, -0.2) is 11.3 Å². The van der Waals surface area contributed by atoms with E-state index in [1.54, 1.807) is 0 Å². The lowest BCUT2D eigenvalue weighted by Crippen LogP contribution is -2.59. The molecule has 3 heterocycles. The van der Waals surface area contributed by atoms with E-state index in [2.05, 4.69) is 292 Å². The number of para-hydroxylation sites is 5. The van der Waals surface area contributed by atoms with Crippen LogP contribution in [0.15, 0.2) is 273 Å². The number of aromatic nitrogens is 1. The lowest BCUT2D eigenvalue weighted by atomic mass is 9.34. The predicted octanol–water partition coefficient (Wildman–Crippen LogP) is 15.8. The molecule has 12 aromatic rings. The molecule has 0 fully saturated rings. The Bertz CT molecular complexity index is 3920. The Morgan fingerprint density at radius 1 is 0.319 bits per heavy atom. The fraction of sp³-hybridized carbons (Fsp3) is 0. The molecule has 0 aliphatic carbocycles. The zero-order valence-electron chi connectivity index (χ0n) is 39.3. The Hall–Kier alpha value is -9.52. The van der Waals surface area contributed by atoms with Crippen molar-refractivity contribution in [1.29, 1.82) is 0 Å². The fourth-order valence-corrected chi connectivity index (χ4v) is 11.2. The first-order valence-electron chi connectivity index (χ1n) is 24.6. The van der Waals surface area contributed by atoms with E-state index in [9.17, 15) is 0 Å². The van der Waals surface area contributed by atoms with E-state index >= 15 is 0 Å². The molecule has 1 aromatic heterocycles. The minimum Gasteiger partial charge on any atom is -0.458 e. The Balaban J connectivity index is 0.941. The van der Waals surface area contributed by atoms with E-state index < -0.39 is 0 Å². The van der Waals surface area contributed by atoms with E-state index in [-0.39, 0.29) is 6.71 Å². The van der Waals surface area contributed by atoms with Gasteiger partial charge in [0, 0.05) is 73.7 Å². The van der Waals surface area contributed by atoms with Crippen molar-refractivity contribution in [2.24, 2.45) is 0 Å². The highest BCUT2D eigenvalue weighted by Gasteiger charge is 2.42. The van der Waals surface area contributed by atoms with Crippen LogP contribution in [0.1, 0.15) is 0 Å². The van der Waals surface area contributed by atoms with Crippen molar-refractivity contribution in [1.82, 2.24) is 4.57 Å². The summed E-state index contributed by atoms with van der Waals surface area (Å²) < 4.78 is 9.53. The lowest BCUT2D eigenvalue weighted by molar-refractivity contribution is 0.487. The van der Waals surface area contributed by atoms with Gasteiger partial charge in [-0.15, -0.1) is 0 Å². The maximum atomic E-state index is 7.16. The molecular formula is C66H45BN4O. The molecule has 6 heteroatoms. The first-order valence-corrected chi connectivity index (χ1v) is 24.6. The molecule has 0 spiro atoms. The molecule has 0 radical (unpaired) electrons. The normalized spacial score (nSPS) is 12.2. The predicted molar refractivity (Wildman–Crippen MR) is 301 cm³/mol. The zero-order valence-corrected chi connectivity index (χ0v) is 39.3. The quantitative estimate of drug-likeness (QED) is 0.135. The number of hydrogen-bond acceptors (Lipinski definition) is 4. The molecule has 2 aliphatic rings. The van der Waals surface area contributed by atoms with Gasteiger partial charge in [0.25, 0.3) is 6.71 Å². The second-order valence-corrected chi connectivity index (χ2v) is 18.5. The molecule has 0 unspecified atom stereocenters. The summed E-state index contributed by atoms with van der Waals surface area (Å²) in [5.74, 6) is 1.70. The van der Waals surface area contributed by atoms with Crippen LogP contribution in [0.5, 0.6) is 11.5 Å². The molecule has 14 rings (SSSR count). The van der Waals surface area contributed by atoms with Crippen molar-refractivity contribution >= 4 is 96.1 Å². The van der Waals surface area contributed by atoms with E-state index in [1.807, 2.05) is 0 Å².